The highest BCUT2D eigenvalue weighted by Gasteiger charge is 2.19. The quantitative estimate of drug-likeness (QED) is 0.147. The fourth-order valence-electron chi connectivity index (χ4n) is 7.66. The number of rotatable bonds is 3. The summed E-state index contributed by atoms with van der Waals surface area (Å²) in [6.45, 7) is 0. The first-order chi connectivity index (χ1) is 23.8. The molecule has 0 unspecified atom stereocenters. The van der Waals surface area contributed by atoms with Crippen LogP contribution < -0.4 is 0 Å². The molecule has 1 heterocycles. The summed E-state index contributed by atoms with van der Waals surface area (Å²) in [5.74, 6) is 0.727. The van der Waals surface area contributed by atoms with E-state index in [4.69, 9.17) is 9.97 Å². The molecule has 2 heteroatoms. The molecule has 222 valence electrons. The van der Waals surface area contributed by atoms with E-state index >= 15 is 0 Å². The Morgan fingerprint density at radius 1 is 0.292 bits per heavy atom. The minimum absolute atomic E-state index is 0.727. The zero-order valence-corrected chi connectivity index (χ0v) is 26.1. The molecule has 0 atom stereocenters. The van der Waals surface area contributed by atoms with Crippen molar-refractivity contribution in [2.75, 3.05) is 0 Å². The third-order valence-electron chi connectivity index (χ3n) is 9.89. The highest BCUT2D eigenvalue weighted by Crippen LogP contribution is 2.46. The largest absolute Gasteiger partial charge is 0.236 e. The van der Waals surface area contributed by atoms with Crippen LogP contribution in [0.5, 0.6) is 0 Å². The van der Waals surface area contributed by atoms with Gasteiger partial charge in [0.05, 0.1) is 0 Å². The molecule has 10 aromatic rings. The van der Waals surface area contributed by atoms with Crippen LogP contribution >= 0.6 is 0 Å². The van der Waals surface area contributed by atoms with Crippen molar-refractivity contribution in [3.8, 4) is 33.6 Å². The maximum Gasteiger partial charge on any atom is 0.159 e. The summed E-state index contributed by atoms with van der Waals surface area (Å²) < 4.78 is 0. The van der Waals surface area contributed by atoms with Gasteiger partial charge < -0.3 is 0 Å². The first kappa shape index (κ1) is 26.8. The molecule has 0 bridgehead atoms. The molecule has 10 rings (SSSR count). The lowest BCUT2D eigenvalue weighted by atomic mass is 9.84. The molecule has 0 spiro atoms. The van der Waals surface area contributed by atoms with Crippen molar-refractivity contribution in [3.63, 3.8) is 0 Å². The van der Waals surface area contributed by atoms with Crippen molar-refractivity contribution in [2.24, 2.45) is 0 Å². The van der Waals surface area contributed by atoms with Crippen molar-refractivity contribution < 1.29 is 0 Å². The van der Waals surface area contributed by atoms with Crippen molar-refractivity contribution in [3.05, 3.63) is 170 Å². The molecule has 9 aromatic carbocycles. The molecule has 48 heavy (non-hydrogen) atoms. The van der Waals surface area contributed by atoms with Crippen molar-refractivity contribution in [1.29, 1.82) is 0 Å². The number of nitrogens with zero attached hydrogens (tertiary/aromatic N) is 2. The summed E-state index contributed by atoms with van der Waals surface area (Å²) >= 11 is 0. The number of aromatic nitrogens is 2. The smallest absolute Gasteiger partial charge is 0.159 e. The van der Waals surface area contributed by atoms with Gasteiger partial charge in [-0.05, 0) is 94.0 Å². The Morgan fingerprint density at radius 2 is 0.833 bits per heavy atom. The highest BCUT2D eigenvalue weighted by atomic mass is 14.9. The average Bonchev–Trinajstić information content (AvgIpc) is 3.16. The van der Waals surface area contributed by atoms with Gasteiger partial charge in [-0.2, -0.15) is 0 Å². The maximum atomic E-state index is 4.91. The summed E-state index contributed by atoms with van der Waals surface area (Å²) in [5.41, 5.74) is 5.68. The zero-order chi connectivity index (χ0) is 31.6. The van der Waals surface area contributed by atoms with Crippen LogP contribution in [0.2, 0.25) is 0 Å². The molecular formula is C46H28N2. The Bertz CT molecular complexity index is 2830. The van der Waals surface area contributed by atoms with Gasteiger partial charge >= 0.3 is 0 Å². The van der Waals surface area contributed by atoms with Gasteiger partial charge in [0.15, 0.2) is 5.82 Å². The maximum absolute atomic E-state index is 4.91. The van der Waals surface area contributed by atoms with E-state index in [-0.39, 0.29) is 0 Å². The SMILES string of the molecule is c1ccc2cc(-c3ncc(-c4c5ccccc5c(-c5cccc6c5ccc5cc7ccccc7cc56)c5ccccc45)cn3)ccc2c1. The van der Waals surface area contributed by atoms with Crippen LogP contribution in [0, 0.1) is 0 Å². The lowest BCUT2D eigenvalue weighted by Gasteiger charge is -2.19. The van der Waals surface area contributed by atoms with E-state index in [2.05, 4.69) is 158 Å². The molecule has 0 N–H and O–H groups in total. The van der Waals surface area contributed by atoms with Crippen molar-refractivity contribution in [2.45, 2.75) is 0 Å². The van der Waals surface area contributed by atoms with Crippen LogP contribution in [-0.2, 0) is 0 Å². The zero-order valence-electron chi connectivity index (χ0n) is 26.1. The van der Waals surface area contributed by atoms with Gasteiger partial charge in [-0.25, -0.2) is 9.97 Å². The van der Waals surface area contributed by atoms with E-state index in [0.717, 1.165) is 22.5 Å². The van der Waals surface area contributed by atoms with Crippen molar-refractivity contribution in [1.82, 2.24) is 9.97 Å². The second-order valence-corrected chi connectivity index (χ2v) is 12.6. The summed E-state index contributed by atoms with van der Waals surface area (Å²) in [6.07, 6.45) is 3.97. The molecule has 0 aliphatic heterocycles. The van der Waals surface area contributed by atoms with Crippen LogP contribution in [0.25, 0.3) is 98.3 Å². The van der Waals surface area contributed by atoms with Crippen LogP contribution in [0.3, 0.4) is 0 Å². The van der Waals surface area contributed by atoms with E-state index in [0.29, 0.717) is 0 Å². The number of hydrogen-bond donors (Lipinski definition) is 0. The first-order valence-electron chi connectivity index (χ1n) is 16.4. The van der Waals surface area contributed by atoms with Crippen LogP contribution in [0.4, 0.5) is 0 Å². The Kier molecular flexibility index (Phi) is 5.91. The van der Waals surface area contributed by atoms with Gasteiger partial charge in [0.1, 0.15) is 0 Å². The number of fused-ring (bicyclic) bond motifs is 7. The highest BCUT2D eigenvalue weighted by molar-refractivity contribution is 6.25. The van der Waals surface area contributed by atoms with Gasteiger partial charge in [-0.3, -0.25) is 0 Å². The van der Waals surface area contributed by atoms with E-state index < -0.39 is 0 Å². The van der Waals surface area contributed by atoms with Gasteiger partial charge in [-0.1, -0.05) is 140 Å². The molecule has 0 aliphatic carbocycles. The molecule has 0 saturated carbocycles. The number of hydrogen-bond acceptors (Lipinski definition) is 2. The lowest BCUT2D eigenvalue weighted by Crippen LogP contribution is -1.94. The molecule has 0 radical (unpaired) electrons. The van der Waals surface area contributed by atoms with E-state index in [1.807, 2.05) is 12.4 Å². The monoisotopic (exact) mass is 608 g/mol. The third-order valence-corrected chi connectivity index (χ3v) is 9.89. The lowest BCUT2D eigenvalue weighted by molar-refractivity contribution is 1.18. The fourth-order valence-corrected chi connectivity index (χ4v) is 7.66. The van der Waals surface area contributed by atoms with Crippen LogP contribution in [0.1, 0.15) is 0 Å². The normalized spacial score (nSPS) is 11.8. The summed E-state index contributed by atoms with van der Waals surface area (Å²) in [4.78, 5) is 9.81. The van der Waals surface area contributed by atoms with Crippen LogP contribution in [-0.4, -0.2) is 9.97 Å². The molecule has 1 aromatic heterocycles. The van der Waals surface area contributed by atoms with Gasteiger partial charge in [-0.15, -0.1) is 0 Å². The van der Waals surface area contributed by atoms with Gasteiger partial charge in [0.25, 0.3) is 0 Å². The first-order valence-corrected chi connectivity index (χ1v) is 16.4. The minimum atomic E-state index is 0.727. The molecule has 0 aliphatic rings. The molecule has 2 nitrogen and oxygen atoms in total. The van der Waals surface area contributed by atoms with Gasteiger partial charge in [0, 0.05) is 29.1 Å². The summed E-state index contributed by atoms with van der Waals surface area (Å²) in [7, 11) is 0. The Morgan fingerprint density at radius 3 is 1.52 bits per heavy atom. The van der Waals surface area contributed by atoms with E-state index in [9.17, 15) is 0 Å². The van der Waals surface area contributed by atoms with E-state index in [1.165, 1.54) is 75.8 Å². The molecule has 0 fully saturated rings. The predicted octanol–water partition coefficient (Wildman–Crippen LogP) is 12.4. The predicted molar refractivity (Wildman–Crippen MR) is 203 cm³/mol. The second-order valence-electron chi connectivity index (χ2n) is 12.6. The van der Waals surface area contributed by atoms with Crippen molar-refractivity contribution >= 4 is 64.6 Å². The topological polar surface area (TPSA) is 25.8 Å². The van der Waals surface area contributed by atoms with Crippen LogP contribution in [0.15, 0.2) is 170 Å². The molecular weight excluding hydrogens is 581 g/mol. The molecule has 0 amide bonds. The summed E-state index contributed by atoms with van der Waals surface area (Å²) in [6, 6.07) is 57.0. The number of benzene rings is 9. The Labute approximate surface area is 277 Å². The standard InChI is InChI=1S/C46H28N2/c1-2-11-30-25-34(21-20-29(30)10-1)46-47-27-35(28-48-46)44-39-14-5-7-16-41(39)45(42-17-8-6-15-40(42)44)38-19-9-18-36-37(38)23-22-33-24-31-12-3-4-13-32(31)26-43(33)36/h1-28H. The second kappa shape index (κ2) is 10.6. The average molecular weight is 609 g/mol. The Balaban J connectivity index is 1.19. The summed E-state index contributed by atoms with van der Waals surface area (Å²) in [5, 5.41) is 14.8. The fraction of sp³-hybridized carbons (Fsp3) is 0. The minimum Gasteiger partial charge on any atom is -0.236 e. The Hall–Kier alpha value is -6.38. The van der Waals surface area contributed by atoms with E-state index in [1.54, 1.807) is 0 Å². The van der Waals surface area contributed by atoms with Gasteiger partial charge in [0.2, 0.25) is 0 Å². The third kappa shape index (κ3) is 4.13. The molecule has 0 saturated heterocycles.